The van der Waals surface area contributed by atoms with E-state index in [1.165, 1.54) is 32.2 Å². The molecule has 5 nitrogen and oxygen atoms in total. The lowest BCUT2D eigenvalue weighted by Gasteiger charge is -2.30. The van der Waals surface area contributed by atoms with Crippen LogP contribution in [-0.4, -0.2) is 67.1 Å². The summed E-state index contributed by atoms with van der Waals surface area (Å²) in [7, 11) is 4.40. The molecular weight excluding hydrogens is 264 g/mol. The van der Waals surface area contributed by atoms with E-state index < -0.39 is 5.54 Å². The molecule has 1 aliphatic heterocycles. The van der Waals surface area contributed by atoms with Crippen LogP contribution in [0.5, 0.6) is 0 Å². The maximum atomic E-state index is 11.7. The average Bonchev–Trinajstić information content (AvgIpc) is 3.12. The molecule has 122 valence electrons. The molecule has 0 bridgehead atoms. The monoisotopic (exact) mass is 296 g/mol. The number of nitrogens with one attached hydrogen (secondary N) is 1. The van der Waals surface area contributed by atoms with Crippen molar-refractivity contribution < 1.29 is 4.79 Å². The topological polar surface area (TPSA) is 61.6 Å². The van der Waals surface area contributed by atoms with Gasteiger partial charge in [0.05, 0.1) is 5.54 Å². The van der Waals surface area contributed by atoms with Crippen LogP contribution in [0.1, 0.15) is 45.4 Å². The molecule has 5 heteroatoms. The zero-order valence-electron chi connectivity index (χ0n) is 13.9. The van der Waals surface area contributed by atoms with E-state index in [2.05, 4.69) is 29.2 Å². The van der Waals surface area contributed by atoms with E-state index >= 15 is 0 Å². The normalized spacial score (nSPS) is 26.2. The third kappa shape index (κ3) is 4.94. The van der Waals surface area contributed by atoms with Crippen molar-refractivity contribution >= 4 is 5.91 Å². The Kier molecular flexibility index (Phi) is 5.63. The molecule has 21 heavy (non-hydrogen) atoms. The second-order valence-electron chi connectivity index (χ2n) is 7.26. The van der Waals surface area contributed by atoms with Gasteiger partial charge in [-0.3, -0.25) is 4.79 Å². The number of likely N-dealkylation sites (tertiary alicyclic amines) is 1. The lowest BCUT2D eigenvalue weighted by Crippen LogP contribution is -2.54. The Morgan fingerprint density at radius 2 is 2.14 bits per heavy atom. The molecule has 3 N–H and O–H groups in total. The van der Waals surface area contributed by atoms with Gasteiger partial charge in [-0.15, -0.1) is 0 Å². The Labute approximate surface area is 129 Å². The zero-order valence-corrected chi connectivity index (χ0v) is 13.9. The summed E-state index contributed by atoms with van der Waals surface area (Å²) in [6.07, 6.45) is 6.81. The number of carbonyl (C=O) groups is 1. The fourth-order valence-corrected chi connectivity index (χ4v) is 3.31. The number of amides is 1. The number of nitrogens with two attached hydrogens (primary N) is 1. The van der Waals surface area contributed by atoms with Crippen molar-refractivity contribution in [1.82, 2.24) is 15.1 Å². The molecule has 0 spiro atoms. The fourth-order valence-electron chi connectivity index (χ4n) is 3.31. The number of hydrogen-bond acceptors (Lipinski definition) is 4. The highest BCUT2D eigenvalue weighted by molar-refractivity contribution is 5.84. The van der Waals surface area contributed by atoms with Crippen LogP contribution >= 0.6 is 0 Å². The fraction of sp³-hybridized carbons (Fsp3) is 0.938. The van der Waals surface area contributed by atoms with Gasteiger partial charge in [0.2, 0.25) is 5.91 Å². The first-order valence-corrected chi connectivity index (χ1v) is 8.37. The maximum absolute atomic E-state index is 11.7. The third-order valence-electron chi connectivity index (χ3n) is 5.05. The van der Waals surface area contributed by atoms with Crippen molar-refractivity contribution in [2.45, 2.75) is 63.1 Å². The number of likely N-dealkylation sites (N-methyl/N-ethyl adjacent to an activating group) is 2. The van der Waals surface area contributed by atoms with E-state index in [0.717, 1.165) is 25.9 Å². The van der Waals surface area contributed by atoms with Crippen LogP contribution < -0.4 is 11.1 Å². The van der Waals surface area contributed by atoms with E-state index in [1.54, 1.807) is 0 Å². The van der Waals surface area contributed by atoms with Gasteiger partial charge in [-0.1, -0.05) is 0 Å². The molecule has 0 radical (unpaired) electrons. The van der Waals surface area contributed by atoms with E-state index in [4.69, 9.17) is 5.73 Å². The number of nitrogens with zero attached hydrogens (tertiary/aromatic N) is 2. The number of rotatable bonds is 9. The largest absolute Gasteiger partial charge is 0.368 e. The highest BCUT2D eigenvalue weighted by Gasteiger charge is 2.36. The minimum atomic E-state index is -0.536. The second kappa shape index (κ2) is 7.07. The van der Waals surface area contributed by atoms with Gasteiger partial charge in [0, 0.05) is 18.6 Å². The zero-order chi connectivity index (χ0) is 15.5. The molecule has 0 aromatic rings. The molecule has 1 aliphatic carbocycles. The maximum Gasteiger partial charge on any atom is 0.237 e. The lowest BCUT2D eigenvalue weighted by molar-refractivity contribution is -0.124. The quantitative estimate of drug-likeness (QED) is 0.660. The first-order valence-electron chi connectivity index (χ1n) is 8.37. The van der Waals surface area contributed by atoms with Crippen LogP contribution in [0.3, 0.4) is 0 Å². The van der Waals surface area contributed by atoms with Crippen molar-refractivity contribution in [1.29, 1.82) is 0 Å². The van der Waals surface area contributed by atoms with Crippen LogP contribution in [0.25, 0.3) is 0 Å². The second-order valence-corrected chi connectivity index (χ2v) is 7.26. The Morgan fingerprint density at radius 3 is 2.67 bits per heavy atom. The van der Waals surface area contributed by atoms with Crippen LogP contribution in [-0.2, 0) is 4.79 Å². The molecular formula is C16H32N4O. The van der Waals surface area contributed by atoms with E-state index in [0.29, 0.717) is 12.1 Å². The summed E-state index contributed by atoms with van der Waals surface area (Å²) in [4.78, 5) is 16.6. The van der Waals surface area contributed by atoms with Gasteiger partial charge >= 0.3 is 0 Å². The number of hydrogen-bond donors (Lipinski definition) is 2. The number of carbonyl (C=O) groups excluding carboxylic acids is 1. The third-order valence-corrected chi connectivity index (χ3v) is 5.05. The molecule has 2 aliphatic rings. The summed E-state index contributed by atoms with van der Waals surface area (Å²) >= 11 is 0. The van der Waals surface area contributed by atoms with Gasteiger partial charge in [0.15, 0.2) is 0 Å². The van der Waals surface area contributed by atoms with Crippen LogP contribution in [0, 0.1) is 0 Å². The van der Waals surface area contributed by atoms with Crippen LogP contribution in [0.2, 0.25) is 0 Å². The first-order chi connectivity index (χ1) is 9.90. The lowest BCUT2D eigenvalue weighted by atomic mass is 9.94. The minimum Gasteiger partial charge on any atom is -0.368 e. The minimum absolute atomic E-state index is 0.215. The Morgan fingerprint density at radius 1 is 1.43 bits per heavy atom. The van der Waals surface area contributed by atoms with Gasteiger partial charge < -0.3 is 20.9 Å². The SMILES string of the molecule is CN(CCCC(C)(NC1CC1)C(N)=O)CC1CCCN1C. The molecule has 1 saturated carbocycles. The summed E-state index contributed by atoms with van der Waals surface area (Å²) in [5, 5.41) is 3.42. The molecule has 2 atom stereocenters. The molecule has 2 fully saturated rings. The molecule has 0 aromatic carbocycles. The van der Waals surface area contributed by atoms with Gasteiger partial charge in [0.25, 0.3) is 0 Å². The first kappa shape index (κ1) is 16.7. The van der Waals surface area contributed by atoms with Gasteiger partial charge in [-0.2, -0.15) is 0 Å². The smallest absolute Gasteiger partial charge is 0.237 e. The van der Waals surface area contributed by atoms with E-state index in [9.17, 15) is 4.79 Å². The van der Waals surface area contributed by atoms with Gasteiger partial charge in [-0.25, -0.2) is 0 Å². The van der Waals surface area contributed by atoms with Crippen molar-refractivity contribution in [2.75, 3.05) is 33.7 Å². The number of primary amides is 1. The Bertz CT molecular complexity index is 358. The standard InChI is InChI=1S/C16H32N4O/c1-16(15(17)21,18-13-7-8-13)9-5-10-19(2)12-14-6-4-11-20(14)3/h13-14,18H,4-12H2,1-3H3,(H2,17,21). The summed E-state index contributed by atoms with van der Waals surface area (Å²) in [5.41, 5.74) is 5.06. The molecule has 1 amide bonds. The summed E-state index contributed by atoms with van der Waals surface area (Å²) in [5.74, 6) is -0.215. The average molecular weight is 296 g/mol. The van der Waals surface area contributed by atoms with Crippen molar-refractivity contribution in [3.63, 3.8) is 0 Å². The highest BCUT2D eigenvalue weighted by atomic mass is 16.1. The van der Waals surface area contributed by atoms with E-state index in [-0.39, 0.29) is 5.91 Å². The molecule has 2 rings (SSSR count). The Hall–Kier alpha value is -0.650. The molecule has 1 saturated heterocycles. The van der Waals surface area contributed by atoms with Gasteiger partial charge in [0.1, 0.15) is 0 Å². The summed E-state index contributed by atoms with van der Waals surface area (Å²) < 4.78 is 0. The van der Waals surface area contributed by atoms with E-state index in [1.807, 2.05) is 6.92 Å². The van der Waals surface area contributed by atoms with Crippen molar-refractivity contribution in [3.8, 4) is 0 Å². The predicted molar refractivity (Wildman–Crippen MR) is 86.1 cm³/mol. The summed E-state index contributed by atoms with van der Waals surface area (Å²) in [6, 6.07) is 1.20. The van der Waals surface area contributed by atoms with Gasteiger partial charge in [-0.05, 0) is 72.6 Å². The predicted octanol–water partition coefficient (Wildman–Crippen LogP) is 0.789. The van der Waals surface area contributed by atoms with Crippen LogP contribution in [0.4, 0.5) is 0 Å². The van der Waals surface area contributed by atoms with Crippen LogP contribution in [0.15, 0.2) is 0 Å². The molecule has 0 aromatic heterocycles. The molecule has 2 unspecified atom stereocenters. The van der Waals surface area contributed by atoms with Crippen molar-refractivity contribution in [2.24, 2.45) is 5.73 Å². The molecule has 1 heterocycles. The Balaban J connectivity index is 1.69. The highest BCUT2D eigenvalue weighted by Crippen LogP contribution is 2.25. The van der Waals surface area contributed by atoms with Crippen molar-refractivity contribution in [3.05, 3.63) is 0 Å². The summed E-state index contributed by atoms with van der Waals surface area (Å²) in [6.45, 7) is 5.33.